The molecule has 0 atom stereocenters. The lowest BCUT2D eigenvalue weighted by Gasteiger charge is -2.27. The number of nitrogens with one attached hydrogen (secondary N) is 2. The smallest absolute Gasteiger partial charge is 0.340 e. The molecule has 8 heteroatoms. The molecule has 0 radical (unpaired) electrons. The summed E-state index contributed by atoms with van der Waals surface area (Å²) in [6, 6.07) is 8.45. The zero-order chi connectivity index (χ0) is 20.8. The van der Waals surface area contributed by atoms with E-state index in [4.69, 9.17) is 9.26 Å². The summed E-state index contributed by atoms with van der Waals surface area (Å²) in [6.45, 7) is 3.76. The van der Waals surface area contributed by atoms with Gasteiger partial charge in [-0.25, -0.2) is 4.79 Å². The highest BCUT2D eigenvalue weighted by molar-refractivity contribution is 6.02. The number of rotatable bonds is 6. The second-order valence-electron chi connectivity index (χ2n) is 7.12. The van der Waals surface area contributed by atoms with Crippen molar-refractivity contribution in [3.8, 4) is 0 Å². The predicted molar refractivity (Wildman–Crippen MR) is 106 cm³/mol. The molecule has 1 fully saturated rings. The summed E-state index contributed by atoms with van der Waals surface area (Å²) in [7, 11) is 0. The van der Waals surface area contributed by atoms with Gasteiger partial charge in [-0.05, 0) is 51.7 Å². The number of ether oxygens (including phenoxy) is 1. The zero-order valence-corrected chi connectivity index (χ0v) is 16.6. The molecule has 1 aromatic heterocycles. The molecule has 2 aromatic rings. The van der Waals surface area contributed by atoms with Crippen LogP contribution in [0.5, 0.6) is 0 Å². The number of aryl methyl sites for hydroxylation is 1. The normalized spacial score (nSPS) is 18.7. The van der Waals surface area contributed by atoms with Crippen molar-refractivity contribution in [2.45, 2.75) is 39.5 Å². The number of aromatic nitrogens is 1. The summed E-state index contributed by atoms with van der Waals surface area (Å²) in [5.74, 6) is -0.0531. The molecule has 0 unspecified atom stereocenters. The van der Waals surface area contributed by atoms with Gasteiger partial charge in [0.15, 0.2) is 5.82 Å². The van der Waals surface area contributed by atoms with Gasteiger partial charge in [-0.15, -0.1) is 0 Å². The molecule has 0 saturated heterocycles. The van der Waals surface area contributed by atoms with Crippen LogP contribution in [0.15, 0.2) is 34.9 Å². The second-order valence-corrected chi connectivity index (χ2v) is 7.12. The lowest BCUT2D eigenvalue weighted by atomic mass is 9.81. The minimum absolute atomic E-state index is 0.107. The molecule has 0 spiro atoms. The minimum atomic E-state index is -0.466. The molecular weight excluding hydrogens is 374 g/mol. The SMILES string of the molecule is CCOC(=O)c1ccccc1NC(=O)C1CCC(C(=O)Nc2cc(C)on2)CC1. The number of amides is 2. The highest BCUT2D eigenvalue weighted by Gasteiger charge is 2.30. The first-order chi connectivity index (χ1) is 14.0. The molecule has 1 aromatic carbocycles. The fraction of sp³-hybridized carbons (Fsp3) is 0.429. The average molecular weight is 399 g/mol. The molecule has 0 aliphatic heterocycles. The van der Waals surface area contributed by atoms with Crippen LogP contribution in [-0.2, 0) is 14.3 Å². The van der Waals surface area contributed by atoms with E-state index in [0.29, 0.717) is 48.5 Å². The highest BCUT2D eigenvalue weighted by Crippen LogP contribution is 2.31. The van der Waals surface area contributed by atoms with Crippen molar-refractivity contribution < 1.29 is 23.6 Å². The topological polar surface area (TPSA) is 111 Å². The molecule has 1 aliphatic rings. The van der Waals surface area contributed by atoms with Crippen molar-refractivity contribution in [3.05, 3.63) is 41.7 Å². The summed E-state index contributed by atoms with van der Waals surface area (Å²) >= 11 is 0. The molecule has 2 amide bonds. The Balaban J connectivity index is 1.54. The van der Waals surface area contributed by atoms with E-state index >= 15 is 0 Å². The van der Waals surface area contributed by atoms with Crippen molar-refractivity contribution in [1.82, 2.24) is 5.16 Å². The molecule has 1 saturated carbocycles. The standard InChI is InChI=1S/C21H25N3O5/c1-3-28-21(27)16-6-4-5-7-17(16)22-19(25)14-8-10-15(11-9-14)20(26)23-18-12-13(2)29-24-18/h4-7,12,14-15H,3,8-11H2,1-2H3,(H,22,25)(H,23,24,26). The Hall–Kier alpha value is -3.16. The van der Waals surface area contributed by atoms with E-state index < -0.39 is 5.97 Å². The van der Waals surface area contributed by atoms with Crippen LogP contribution in [0.4, 0.5) is 11.5 Å². The van der Waals surface area contributed by atoms with E-state index in [1.807, 2.05) is 0 Å². The lowest BCUT2D eigenvalue weighted by molar-refractivity contribution is -0.125. The van der Waals surface area contributed by atoms with Crippen LogP contribution < -0.4 is 10.6 Å². The van der Waals surface area contributed by atoms with Gasteiger partial charge < -0.3 is 19.9 Å². The first-order valence-electron chi connectivity index (χ1n) is 9.79. The number of esters is 1. The number of carbonyl (C=O) groups is 3. The third kappa shape index (κ3) is 5.22. The number of hydrogen-bond acceptors (Lipinski definition) is 6. The Labute approximate surface area is 169 Å². The van der Waals surface area contributed by atoms with E-state index in [-0.39, 0.29) is 30.3 Å². The second kappa shape index (κ2) is 9.36. The Morgan fingerprint density at radius 2 is 1.69 bits per heavy atom. The summed E-state index contributed by atoms with van der Waals surface area (Å²) < 4.78 is 9.99. The molecule has 1 aliphatic carbocycles. The fourth-order valence-corrected chi connectivity index (χ4v) is 3.49. The number of para-hydroxylation sites is 1. The predicted octanol–water partition coefficient (Wildman–Crippen LogP) is 3.54. The highest BCUT2D eigenvalue weighted by atomic mass is 16.5. The Kier molecular flexibility index (Phi) is 6.64. The van der Waals surface area contributed by atoms with Crippen LogP contribution in [0.2, 0.25) is 0 Å². The Morgan fingerprint density at radius 3 is 2.28 bits per heavy atom. The zero-order valence-electron chi connectivity index (χ0n) is 16.6. The van der Waals surface area contributed by atoms with Crippen LogP contribution in [0.1, 0.15) is 48.7 Å². The number of benzene rings is 1. The first kappa shape index (κ1) is 20.6. The lowest BCUT2D eigenvalue weighted by Crippen LogP contribution is -2.32. The van der Waals surface area contributed by atoms with Gasteiger partial charge in [-0.1, -0.05) is 17.3 Å². The third-order valence-corrected chi connectivity index (χ3v) is 5.03. The summed E-state index contributed by atoms with van der Waals surface area (Å²) in [5.41, 5.74) is 0.774. The molecule has 2 N–H and O–H groups in total. The van der Waals surface area contributed by atoms with E-state index in [0.717, 1.165) is 0 Å². The average Bonchev–Trinajstić information content (AvgIpc) is 3.13. The van der Waals surface area contributed by atoms with Gasteiger partial charge in [-0.3, -0.25) is 9.59 Å². The minimum Gasteiger partial charge on any atom is -0.462 e. The molecule has 0 bridgehead atoms. The van der Waals surface area contributed by atoms with Gasteiger partial charge in [0.05, 0.1) is 17.9 Å². The Bertz CT molecular complexity index is 884. The molecule has 8 nitrogen and oxygen atoms in total. The number of carbonyl (C=O) groups excluding carboxylic acids is 3. The molecule has 3 rings (SSSR count). The fourth-order valence-electron chi connectivity index (χ4n) is 3.49. The molecule has 1 heterocycles. The van der Waals surface area contributed by atoms with Gasteiger partial charge in [-0.2, -0.15) is 0 Å². The van der Waals surface area contributed by atoms with Gasteiger partial charge in [0, 0.05) is 17.9 Å². The van der Waals surface area contributed by atoms with Gasteiger partial charge in [0.2, 0.25) is 11.8 Å². The van der Waals surface area contributed by atoms with Crippen molar-refractivity contribution in [1.29, 1.82) is 0 Å². The number of hydrogen-bond donors (Lipinski definition) is 2. The monoisotopic (exact) mass is 399 g/mol. The van der Waals surface area contributed by atoms with Crippen molar-refractivity contribution in [3.63, 3.8) is 0 Å². The van der Waals surface area contributed by atoms with Crippen LogP contribution in [0, 0.1) is 18.8 Å². The summed E-state index contributed by atoms with van der Waals surface area (Å²) in [6.07, 6.45) is 2.42. The third-order valence-electron chi connectivity index (χ3n) is 5.03. The van der Waals surface area contributed by atoms with E-state index in [1.54, 1.807) is 44.2 Å². The molecular formula is C21H25N3O5. The van der Waals surface area contributed by atoms with Crippen molar-refractivity contribution in [2.75, 3.05) is 17.2 Å². The maximum absolute atomic E-state index is 12.7. The summed E-state index contributed by atoms with van der Waals surface area (Å²) in [5, 5.41) is 9.36. The quantitative estimate of drug-likeness (QED) is 0.719. The first-order valence-corrected chi connectivity index (χ1v) is 9.79. The van der Waals surface area contributed by atoms with E-state index in [2.05, 4.69) is 15.8 Å². The van der Waals surface area contributed by atoms with Gasteiger partial charge in [0.1, 0.15) is 5.76 Å². The number of nitrogens with zero attached hydrogens (tertiary/aromatic N) is 1. The Morgan fingerprint density at radius 1 is 1.07 bits per heavy atom. The maximum atomic E-state index is 12.7. The van der Waals surface area contributed by atoms with E-state index in [1.165, 1.54) is 0 Å². The molecule has 154 valence electrons. The van der Waals surface area contributed by atoms with Crippen LogP contribution in [-0.4, -0.2) is 29.5 Å². The maximum Gasteiger partial charge on any atom is 0.340 e. The van der Waals surface area contributed by atoms with Crippen LogP contribution in [0.25, 0.3) is 0 Å². The van der Waals surface area contributed by atoms with Crippen molar-refractivity contribution >= 4 is 29.3 Å². The van der Waals surface area contributed by atoms with E-state index in [9.17, 15) is 14.4 Å². The number of anilines is 2. The summed E-state index contributed by atoms with van der Waals surface area (Å²) in [4.78, 5) is 37.1. The van der Waals surface area contributed by atoms with Crippen LogP contribution >= 0.6 is 0 Å². The molecule has 29 heavy (non-hydrogen) atoms. The van der Waals surface area contributed by atoms with Gasteiger partial charge >= 0.3 is 5.97 Å². The largest absolute Gasteiger partial charge is 0.462 e. The van der Waals surface area contributed by atoms with Gasteiger partial charge in [0.25, 0.3) is 0 Å². The van der Waals surface area contributed by atoms with Crippen LogP contribution in [0.3, 0.4) is 0 Å². The van der Waals surface area contributed by atoms with Crippen molar-refractivity contribution in [2.24, 2.45) is 11.8 Å².